The highest BCUT2D eigenvalue weighted by Gasteiger charge is 2.25. The van der Waals surface area contributed by atoms with E-state index in [9.17, 15) is 24.5 Å². The van der Waals surface area contributed by atoms with E-state index in [1.165, 1.54) is 0 Å². The molecule has 3 N–H and O–H groups in total. The third kappa shape index (κ3) is 3.80. The number of rotatable bonds is 6. The van der Waals surface area contributed by atoms with Gasteiger partial charge in [-0.25, -0.2) is 4.79 Å². The zero-order chi connectivity index (χ0) is 14.6. The van der Waals surface area contributed by atoms with Gasteiger partial charge in [-0.15, -0.1) is 0 Å². The van der Waals surface area contributed by atoms with Gasteiger partial charge in [0.15, 0.2) is 5.76 Å². The quantitative estimate of drug-likeness (QED) is 0.475. The van der Waals surface area contributed by atoms with Crippen LogP contribution in [0.5, 0.6) is 0 Å². The van der Waals surface area contributed by atoms with E-state index in [0.717, 1.165) is 12.1 Å². The second kappa shape index (κ2) is 5.62. The largest absolute Gasteiger partial charge is 0.481 e. The van der Waals surface area contributed by atoms with E-state index in [-0.39, 0.29) is 0 Å². The maximum Gasteiger partial charge on any atom is 0.433 e. The molecule has 0 aliphatic carbocycles. The molecule has 0 aliphatic rings. The highest BCUT2D eigenvalue weighted by Crippen LogP contribution is 2.15. The van der Waals surface area contributed by atoms with E-state index in [0.29, 0.717) is 0 Å². The van der Waals surface area contributed by atoms with Gasteiger partial charge in [-0.2, -0.15) is 0 Å². The van der Waals surface area contributed by atoms with Crippen LogP contribution in [0, 0.1) is 10.1 Å². The van der Waals surface area contributed by atoms with Crippen molar-refractivity contribution in [1.29, 1.82) is 0 Å². The fraction of sp³-hybridized carbons (Fsp3) is 0.222. The van der Waals surface area contributed by atoms with Gasteiger partial charge in [0.2, 0.25) is 0 Å². The van der Waals surface area contributed by atoms with E-state index >= 15 is 0 Å². The van der Waals surface area contributed by atoms with Crippen molar-refractivity contribution in [2.45, 2.75) is 12.5 Å². The van der Waals surface area contributed by atoms with Crippen LogP contribution in [0.2, 0.25) is 0 Å². The summed E-state index contributed by atoms with van der Waals surface area (Å²) in [6.07, 6.45) is -0.829. The fourth-order valence-electron chi connectivity index (χ4n) is 1.15. The molecule has 0 saturated carbocycles. The van der Waals surface area contributed by atoms with Gasteiger partial charge >= 0.3 is 17.8 Å². The van der Waals surface area contributed by atoms with Crippen LogP contribution in [-0.2, 0) is 9.59 Å². The monoisotopic (exact) mass is 272 g/mol. The van der Waals surface area contributed by atoms with E-state index in [1.807, 2.05) is 5.32 Å². The SMILES string of the molecule is O=C(O)C[C@H](NC(=O)c1ccc([N+](=O)[O-])o1)C(=O)O. The first-order chi connectivity index (χ1) is 8.81. The van der Waals surface area contributed by atoms with Crippen LogP contribution in [-0.4, -0.2) is 39.0 Å². The van der Waals surface area contributed by atoms with Crippen LogP contribution in [0.3, 0.4) is 0 Å². The summed E-state index contributed by atoms with van der Waals surface area (Å²) < 4.78 is 4.54. The smallest absolute Gasteiger partial charge is 0.433 e. The summed E-state index contributed by atoms with van der Waals surface area (Å²) in [4.78, 5) is 42.0. The van der Waals surface area contributed by atoms with Crippen molar-refractivity contribution in [3.63, 3.8) is 0 Å². The Morgan fingerprint density at radius 2 is 2.00 bits per heavy atom. The normalized spacial score (nSPS) is 11.6. The number of carbonyl (C=O) groups is 3. The Morgan fingerprint density at radius 3 is 2.42 bits per heavy atom. The van der Waals surface area contributed by atoms with E-state index in [1.54, 1.807) is 0 Å². The lowest BCUT2D eigenvalue weighted by Crippen LogP contribution is -2.42. The van der Waals surface area contributed by atoms with Crippen molar-refractivity contribution < 1.29 is 33.9 Å². The van der Waals surface area contributed by atoms with Crippen molar-refractivity contribution in [2.24, 2.45) is 0 Å². The van der Waals surface area contributed by atoms with Crippen molar-refractivity contribution in [2.75, 3.05) is 0 Å². The second-order valence-corrected chi connectivity index (χ2v) is 3.36. The summed E-state index contributed by atoms with van der Waals surface area (Å²) in [7, 11) is 0. The molecule has 0 saturated heterocycles. The molecular weight excluding hydrogens is 264 g/mol. The van der Waals surface area contributed by atoms with Gasteiger partial charge in [0.05, 0.1) is 12.5 Å². The minimum Gasteiger partial charge on any atom is -0.481 e. The van der Waals surface area contributed by atoms with Crippen molar-refractivity contribution >= 4 is 23.7 Å². The summed E-state index contributed by atoms with van der Waals surface area (Å²) in [5.41, 5.74) is 0. The molecular formula is C9H8N2O8. The van der Waals surface area contributed by atoms with Gasteiger partial charge < -0.3 is 19.9 Å². The zero-order valence-electron chi connectivity index (χ0n) is 9.23. The molecule has 0 aliphatic heterocycles. The summed E-state index contributed by atoms with van der Waals surface area (Å²) in [5, 5.41) is 29.4. The molecule has 1 aromatic rings. The Hall–Kier alpha value is -2.91. The Balaban J connectivity index is 2.78. The summed E-state index contributed by atoms with van der Waals surface area (Å²) >= 11 is 0. The Labute approximate surface area is 104 Å². The summed E-state index contributed by atoms with van der Waals surface area (Å²) in [6, 6.07) is 0.240. The molecule has 0 unspecified atom stereocenters. The number of aliphatic carboxylic acids is 2. The number of furan rings is 1. The number of amides is 1. The Bertz CT molecular complexity index is 534. The van der Waals surface area contributed by atoms with Gasteiger partial charge in [-0.1, -0.05) is 0 Å². The second-order valence-electron chi connectivity index (χ2n) is 3.36. The molecule has 19 heavy (non-hydrogen) atoms. The summed E-state index contributed by atoms with van der Waals surface area (Å²) in [6.45, 7) is 0. The van der Waals surface area contributed by atoms with Crippen LogP contribution in [0.25, 0.3) is 0 Å². The van der Waals surface area contributed by atoms with Gasteiger partial charge in [0.25, 0.3) is 5.91 Å². The first kappa shape index (κ1) is 14.2. The molecule has 0 radical (unpaired) electrons. The lowest BCUT2D eigenvalue weighted by atomic mass is 10.2. The van der Waals surface area contributed by atoms with Crippen LogP contribution >= 0.6 is 0 Å². The minimum atomic E-state index is -1.66. The van der Waals surface area contributed by atoms with E-state index in [4.69, 9.17) is 10.2 Å². The molecule has 10 heteroatoms. The number of nitrogens with one attached hydrogen (secondary N) is 1. The Kier molecular flexibility index (Phi) is 4.19. The summed E-state index contributed by atoms with van der Waals surface area (Å²) in [5.74, 6) is -5.18. The molecule has 0 spiro atoms. The lowest BCUT2D eigenvalue weighted by molar-refractivity contribution is -0.402. The minimum absolute atomic E-state index is 0.483. The number of hydrogen-bond donors (Lipinski definition) is 3. The number of carboxylic acid groups (broad SMARTS) is 2. The number of nitro groups is 1. The number of carboxylic acids is 2. The average molecular weight is 272 g/mol. The number of nitrogens with zero attached hydrogens (tertiary/aromatic N) is 1. The average Bonchev–Trinajstić information content (AvgIpc) is 2.76. The third-order valence-electron chi connectivity index (χ3n) is 1.98. The molecule has 0 bridgehead atoms. The maximum absolute atomic E-state index is 11.5. The van der Waals surface area contributed by atoms with Crippen molar-refractivity contribution in [3.8, 4) is 0 Å². The predicted molar refractivity (Wildman–Crippen MR) is 56.5 cm³/mol. The molecule has 1 amide bonds. The third-order valence-corrected chi connectivity index (χ3v) is 1.98. The number of hydrogen-bond acceptors (Lipinski definition) is 6. The van der Waals surface area contributed by atoms with Crippen molar-refractivity contribution in [3.05, 3.63) is 28.0 Å². The van der Waals surface area contributed by atoms with Gasteiger partial charge in [-0.3, -0.25) is 19.7 Å². The van der Waals surface area contributed by atoms with Crippen LogP contribution < -0.4 is 5.32 Å². The zero-order valence-corrected chi connectivity index (χ0v) is 9.23. The van der Waals surface area contributed by atoms with E-state index < -0.39 is 46.9 Å². The molecule has 10 nitrogen and oxygen atoms in total. The number of carbonyl (C=O) groups excluding carboxylic acids is 1. The standard InChI is InChI=1S/C9H8N2O8/c12-7(13)3-4(9(15)16)10-8(14)5-1-2-6(19-5)11(17)18/h1-2,4H,3H2,(H,10,14)(H,12,13)(H,15,16)/t4-/m0/s1. The topological polar surface area (TPSA) is 160 Å². The van der Waals surface area contributed by atoms with Crippen LogP contribution in [0.4, 0.5) is 5.88 Å². The van der Waals surface area contributed by atoms with Gasteiger partial charge in [-0.05, 0) is 6.07 Å². The fourth-order valence-corrected chi connectivity index (χ4v) is 1.15. The molecule has 1 aromatic heterocycles. The maximum atomic E-state index is 11.5. The highest BCUT2D eigenvalue weighted by molar-refractivity contribution is 5.95. The molecule has 1 atom stereocenters. The molecule has 0 fully saturated rings. The van der Waals surface area contributed by atoms with E-state index in [2.05, 4.69) is 4.42 Å². The predicted octanol–water partition coefficient (Wildman–Crippen LogP) is -0.154. The molecule has 1 rings (SSSR count). The van der Waals surface area contributed by atoms with Gasteiger partial charge in [0, 0.05) is 0 Å². The first-order valence-electron chi connectivity index (χ1n) is 4.81. The lowest BCUT2D eigenvalue weighted by Gasteiger charge is -2.10. The molecule has 0 aromatic carbocycles. The highest BCUT2D eigenvalue weighted by atomic mass is 16.6. The van der Waals surface area contributed by atoms with Crippen LogP contribution in [0.1, 0.15) is 17.0 Å². The van der Waals surface area contributed by atoms with Crippen molar-refractivity contribution in [1.82, 2.24) is 5.32 Å². The first-order valence-corrected chi connectivity index (χ1v) is 4.81. The van der Waals surface area contributed by atoms with Gasteiger partial charge in [0.1, 0.15) is 11.0 Å². The van der Waals surface area contributed by atoms with Crippen LogP contribution in [0.15, 0.2) is 16.5 Å². The molecule has 1 heterocycles. The Morgan fingerprint density at radius 1 is 1.37 bits per heavy atom. The molecule has 102 valence electrons.